The maximum Gasteiger partial charge on any atom is 0.185 e. The van der Waals surface area contributed by atoms with Crippen LogP contribution in [0.15, 0.2) is 6.20 Å². The van der Waals surface area contributed by atoms with Gasteiger partial charge in [0.05, 0.1) is 0 Å². The number of nitrogens with zero attached hydrogens (tertiary/aromatic N) is 2. The van der Waals surface area contributed by atoms with Crippen LogP contribution in [0.4, 0.5) is 5.13 Å². The predicted molar refractivity (Wildman–Crippen MR) is 79.5 cm³/mol. The van der Waals surface area contributed by atoms with Crippen molar-refractivity contribution in [3.8, 4) is 0 Å². The number of hydrogen-bond donors (Lipinski definition) is 1. The Hall–Kier alpha value is -0.610. The minimum atomic E-state index is 0.430. The number of thiazole rings is 1. The van der Waals surface area contributed by atoms with E-state index in [4.69, 9.17) is 0 Å². The molecule has 0 aliphatic heterocycles. The lowest BCUT2D eigenvalue weighted by Crippen LogP contribution is -2.26. The Morgan fingerprint density at radius 1 is 1.44 bits per heavy atom. The van der Waals surface area contributed by atoms with Crippen LogP contribution >= 0.6 is 11.3 Å². The smallest absolute Gasteiger partial charge is 0.185 e. The molecule has 4 heteroatoms. The first-order valence-corrected chi connectivity index (χ1v) is 8.03. The van der Waals surface area contributed by atoms with Crippen molar-refractivity contribution in [3.63, 3.8) is 0 Å². The van der Waals surface area contributed by atoms with Crippen LogP contribution in [0.3, 0.4) is 0 Å². The third-order valence-corrected chi connectivity index (χ3v) is 4.55. The van der Waals surface area contributed by atoms with E-state index in [1.54, 1.807) is 0 Å². The highest BCUT2D eigenvalue weighted by molar-refractivity contribution is 7.15. The van der Waals surface area contributed by atoms with E-state index in [9.17, 15) is 0 Å². The molecule has 1 unspecified atom stereocenters. The van der Waals surface area contributed by atoms with Crippen LogP contribution in [0, 0.1) is 0 Å². The van der Waals surface area contributed by atoms with E-state index in [2.05, 4.69) is 42.2 Å². The fraction of sp³-hybridized carbons (Fsp3) is 0.786. The number of anilines is 1. The SMILES string of the molecule is CCCNC(C)c1cnc(N(CCC)C2CC2)s1. The Balaban J connectivity index is 1.99. The third kappa shape index (κ3) is 3.45. The van der Waals surface area contributed by atoms with Gasteiger partial charge in [-0.05, 0) is 39.2 Å². The van der Waals surface area contributed by atoms with E-state index in [1.165, 1.54) is 35.7 Å². The molecule has 102 valence electrons. The average molecular weight is 267 g/mol. The summed E-state index contributed by atoms with van der Waals surface area (Å²) in [6, 6.07) is 1.20. The van der Waals surface area contributed by atoms with Crippen molar-refractivity contribution in [3.05, 3.63) is 11.1 Å². The fourth-order valence-corrected chi connectivity index (χ4v) is 3.17. The first-order chi connectivity index (χ1) is 8.76. The summed E-state index contributed by atoms with van der Waals surface area (Å²) in [5.74, 6) is 0. The van der Waals surface area contributed by atoms with Gasteiger partial charge >= 0.3 is 0 Å². The van der Waals surface area contributed by atoms with Gasteiger partial charge in [-0.15, -0.1) is 11.3 Å². The molecule has 1 fully saturated rings. The average Bonchev–Trinajstić information content (AvgIpc) is 3.09. The largest absolute Gasteiger partial charge is 0.345 e. The summed E-state index contributed by atoms with van der Waals surface area (Å²) in [5.41, 5.74) is 0. The second kappa shape index (κ2) is 6.53. The molecule has 0 amide bonds. The Labute approximate surface area is 115 Å². The molecule has 0 saturated heterocycles. The van der Waals surface area contributed by atoms with Crippen molar-refractivity contribution in [2.45, 2.75) is 58.5 Å². The maximum absolute atomic E-state index is 4.63. The fourth-order valence-electron chi connectivity index (χ4n) is 2.13. The molecule has 18 heavy (non-hydrogen) atoms. The molecule has 1 aliphatic carbocycles. The first kappa shape index (κ1) is 13.8. The van der Waals surface area contributed by atoms with Gasteiger partial charge in [0, 0.05) is 29.7 Å². The number of rotatable bonds is 8. The van der Waals surface area contributed by atoms with Gasteiger partial charge < -0.3 is 10.2 Å². The molecule has 0 spiro atoms. The number of aromatic nitrogens is 1. The summed E-state index contributed by atoms with van der Waals surface area (Å²) in [6.45, 7) is 8.90. The summed E-state index contributed by atoms with van der Waals surface area (Å²) in [7, 11) is 0. The summed E-state index contributed by atoms with van der Waals surface area (Å²) in [4.78, 5) is 8.49. The Morgan fingerprint density at radius 3 is 2.83 bits per heavy atom. The van der Waals surface area contributed by atoms with Gasteiger partial charge in [-0.2, -0.15) is 0 Å². The van der Waals surface area contributed by atoms with Crippen molar-refractivity contribution >= 4 is 16.5 Å². The zero-order valence-electron chi connectivity index (χ0n) is 11.8. The molecule has 0 bridgehead atoms. The van der Waals surface area contributed by atoms with Crippen LogP contribution in [-0.4, -0.2) is 24.1 Å². The molecule has 1 aromatic rings. The minimum absolute atomic E-state index is 0.430. The Bertz CT molecular complexity index is 360. The van der Waals surface area contributed by atoms with E-state index >= 15 is 0 Å². The van der Waals surface area contributed by atoms with Crippen molar-refractivity contribution in [2.24, 2.45) is 0 Å². The summed E-state index contributed by atoms with van der Waals surface area (Å²) in [5, 5.41) is 4.75. The maximum atomic E-state index is 4.63. The summed E-state index contributed by atoms with van der Waals surface area (Å²) >= 11 is 1.86. The molecule has 1 saturated carbocycles. The van der Waals surface area contributed by atoms with Gasteiger partial charge in [-0.25, -0.2) is 4.98 Å². The van der Waals surface area contributed by atoms with Gasteiger partial charge in [0.2, 0.25) is 0 Å². The van der Waals surface area contributed by atoms with Gasteiger partial charge in [0.25, 0.3) is 0 Å². The molecule has 0 aromatic carbocycles. The first-order valence-electron chi connectivity index (χ1n) is 7.22. The zero-order valence-corrected chi connectivity index (χ0v) is 12.6. The molecular weight excluding hydrogens is 242 g/mol. The molecule has 1 N–H and O–H groups in total. The van der Waals surface area contributed by atoms with Crippen molar-refractivity contribution in [1.82, 2.24) is 10.3 Å². The van der Waals surface area contributed by atoms with Gasteiger partial charge in [-0.3, -0.25) is 0 Å². The summed E-state index contributed by atoms with van der Waals surface area (Å²) < 4.78 is 0. The Kier molecular flexibility index (Phi) is 5.01. The molecule has 2 rings (SSSR count). The van der Waals surface area contributed by atoms with Crippen molar-refractivity contribution < 1.29 is 0 Å². The second-order valence-electron chi connectivity index (χ2n) is 5.15. The molecular formula is C14H25N3S. The third-order valence-electron chi connectivity index (χ3n) is 3.34. The van der Waals surface area contributed by atoms with E-state index in [1.807, 2.05) is 11.3 Å². The lowest BCUT2D eigenvalue weighted by molar-refractivity contribution is 0.577. The highest BCUT2D eigenvalue weighted by Gasteiger charge is 2.30. The van der Waals surface area contributed by atoms with E-state index in [-0.39, 0.29) is 0 Å². The molecule has 0 radical (unpaired) electrons. The van der Waals surface area contributed by atoms with Crippen LogP contribution in [0.5, 0.6) is 0 Å². The quantitative estimate of drug-likeness (QED) is 0.780. The van der Waals surface area contributed by atoms with Crippen LogP contribution in [0.1, 0.15) is 57.4 Å². The number of hydrogen-bond acceptors (Lipinski definition) is 4. The minimum Gasteiger partial charge on any atom is -0.345 e. The van der Waals surface area contributed by atoms with Crippen molar-refractivity contribution in [2.75, 3.05) is 18.0 Å². The van der Waals surface area contributed by atoms with Gasteiger partial charge in [-0.1, -0.05) is 13.8 Å². The molecule has 1 heterocycles. The predicted octanol–water partition coefficient (Wildman–Crippen LogP) is 3.58. The standard InChI is InChI=1S/C14H25N3S/c1-4-8-15-11(3)13-10-16-14(18-13)17(9-5-2)12-6-7-12/h10-12,15H,4-9H2,1-3H3. The Morgan fingerprint density at radius 2 is 2.22 bits per heavy atom. The topological polar surface area (TPSA) is 28.2 Å². The highest BCUT2D eigenvalue weighted by Crippen LogP contribution is 2.35. The van der Waals surface area contributed by atoms with Crippen LogP contribution < -0.4 is 10.2 Å². The lowest BCUT2D eigenvalue weighted by Gasteiger charge is -2.20. The van der Waals surface area contributed by atoms with E-state index < -0.39 is 0 Å². The van der Waals surface area contributed by atoms with E-state index in [0.29, 0.717) is 6.04 Å². The van der Waals surface area contributed by atoms with Gasteiger partial charge in [0.15, 0.2) is 5.13 Å². The molecule has 3 nitrogen and oxygen atoms in total. The lowest BCUT2D eigenvalue weighted by atomic mass is 10.3. The summed E-state index contributed by atoms with van der Waals surface area (Å²) in [6.07, 6.45) is 7.13. The van der Waals surface area contributed by atoms with Crippen LogP contribution in [0.25, 0.3) is 0 Å². The van der Waals surface area contributed by atoms with Crippen molar-refractivity contribution in [1.29, 1.82) is 0 Å². The molecule has 1 atom stereocenters. The van der Waals surface area contributed by atoms with Crippen LogP contribution in [-0.2, 0) is 0 Å². The van der Waals surface area contributed by atoms with E-state index in [0.717, 1.165) is 19.1 Å². The monoisotopic (exact) mass is 267 g/mol. The molecule has 1 aromatic heterocycles. The normalized spacial score (nSPS) is 16.8. The molecule has 1 aliphatic rings. The second-order valence-corrected chi connectivity index (χ2v) is 6.19. The van der Waals surface area contributed by atoms with Gasteiger partial charge in [0.1, 0.15) is 0 Å². The highest BCUT2D eigenvalue weighted by atomic mass is 32.1. The zero-order chi connectivity index (χ0) is 13.0. The number of nitrogens with one attached hydrogen (secondary N) is 1. The van der Waals surface area contributed by atoms with Crippen LogP contribution in [0.2, 0.25) is 0 Å².